The molecule has 0 amide bonds. The summed E-state index contributed by atoms with van der Waals surface area (Å²) < 4.78 is 41.0. The smallest absolute Gasteiger partial charge is 0.429 e. The summed E-state index contributed by atoms with van der Waals surface area (Å²) in [7, 11) is 0. The predicted molar refractivity (Wildman–Crippen MR) is 111 cm³/mol. The second-order valence-electron chi connectivity index (χ2n) is 7.53. The lowest BCUT2D eigenvalue weighted by Crippen LogP contribution is -2.48. The minimum Gasteiger partial charge on any atom is -0.507 e. The topological polar surface area (TPSA) is 48.2 Å². The molecule has 0 radical (unpaired) electrons. The fourth-order valence-corrected chi connectivity index (χ4v) is 3.91. The molecule has 0 saturated heterocycles. The number of aliphatic imine (C=N–C) groups is 2. The molecule has 0 spiro atoms. The maximum Gasteiger partial charge on any atom is 0.429 e. The van der Waals surface area contributed by atoms with E-state index in [0.29, 0.717) is 30.1 Å². The highest BCUT2D eigenvalue weighted by Gasteiger charge is 2.46. The predicted octanol–water partition coefficient (Wildman–Crippen LogP) is 4.60. The van der Waals surface area contributed by atoms with Gasteiger partial charge in [0, 0.05) is 13.1 Å². The van der Waals surface area contributed by atoms with Crippen molar-refractivity contribution in [3.8, 4) is 5.75 Å². The Kier molecular flexibility index (Phi) is 5.37. The molecule has 2 aromatic rings. The Morgan fingerprint density at radius 1 is 1.07 bits per heavy atom. The van der Waals surface area contributed by atoms with Gasteiger partial charge >= 0.3 is 6.18 Å². The van der Waals surface area contributed by atoms with Crippen LogP contribution in [0, 0.1) is 5.92 Å². The monoisotopic (exact) mass is 413 g/mol. The summed E-state index contributed by atoms with van der Waals surface area (Å²) in [6.45, 7) is 2.20. The molecule has 2 aromatic carbocycles. The van der Waals surface area contributed by atoms with Gasteiger partial charge in [-0.25, -0.2) is 4.99 Å². The molecule has 156 valence electrons. The van der Waals surface area contributed by atoms with Crippen molar-refractivity contribution in [2.75, 3.05) is 13.1 Å². The number of hydrogen-bond donors (Lipinski definition) is 1. The third kappa shape index (κ3) is 4.10. The number of fused-ring (bicyclic) bond motifs is 1. The molecule has 0 aliphatic carbocycles. The summed E-state index contributed by atoms with van der Waals surface area (Å²) in [4.78, 5) is 10.3. The molecule has 4 nitrogen and oxygen atoms in total. The minimum atomic E-state index is -4.51. The van der Waals surface area contributed by atoms with Crippen LogP contribution in [0.1, 0.15) is 18.1 Å². The van der Waals surface area contributed by atoms with E-state index in [9.17, 15) is 18.3 Å². The van der Waals surface area contributed by atoms with E-state index in [2.05, 4.69) is 9.98 Å². The van der Waals surface area contributed by atoms with Gasteiger partial charge in [-0.15, -0.1) is 0 Å². The Morgan fingerprint density at radius 3 is 2.47 bits per heavy atom. The van der Waals surface area contributed by atoms with Crippen LogP contribution < -0.4 is 0 Å². The van der Waals surface area contributed by atoms with Gasteiger partial charge in [-0.2, -0.15) is 13.2 Å². The van der Waals surface area contributed by atoms with Crippen LogP contribution in [0.25, 0.3) is 0 Å². The zero-order valence-electron chi connectivity index (χ0n) is 16.5. The fourth-order valence-electron chi connectivity index (χ4n) is 3.91. The molecular weight excluding hydrogens is 391 g/mol. The Morgan fingerprint density at radius 2 is 1.77 bits per heavy atom. The van der Waals surface area contributed by atoms with Gasteiger partial charge in [-0.05, 0) is 37.1 Å². The molecular formula is C23H22F3N3O. The van der Waals surface area contributed by atoms with Crippen LogP contribution in [0.2, 0.25) is 0 Å². The Balaban J connectivity index is 1.73. The van der Waals surface area contributed by atoms with Crippen LogP contribution in [0.5, 0.6) is 5.75 Å². The van der Waals surface area contributed by atoms with Gasteiger partial charge in [0.1, 0.15) is 17.3 Å². The summed E-state index contributed by atoms with van der Waals surface area (Å²) in [5.74, 6) is -0.401. The fraction of sp³-hybridized carbons (Fsp3) is 0.304. The van der Waals surface area contributed by atoms with E-state index < -0.39 is 23.8 Å². The Hall–Kier alpha value is -3.09. The van der Waals surface area contributed by atoms with Gasteiger partial charge in [0.25, 0.3) is 0 Å². The van der Waals surface area contributed by atoms with Crippen molar-refractivity contribution in [3.63, 3.8) is 0 Å². The Bertz CT molecular complexity index is 1010. The standard InChI is InChI=1S/C23H22F3N3O/c1-15-13-19-18(21(27-15)23(24,25)26)14-29(12-11-16-7-3-2-4-8-16)22(28-19)17-9-5-6-10-20(17)30/h2-10,13,15,18,30H,11-12,14H2,1H3. The van der Waals surface area contributed by atoms with Crippen molar-refractivity contribution < 1.29 is 18.3 Å². The molecule has 30 heavy (non-hydrogen) atoms. The average Bonchev–Trinajstić information content (AvgIpc) is 2.71. The first-order valence-corrected chi connectivity index (χ1v) is 9.85. The van der Waals surface area contributed by atoms with Crippen LogP contribution in [-0.2, 0) is 6.42 Å². The van der Waals surface area contributed by atoms with Crippen molar-refractivity contribution in [2.24, 2.45) is 15.9 Å². The van der Waals surface area contributed by atoms with E-state index >= 15 is 0 Å². The van der Waals surface area contributed by atoms with Crippen LogP contribution in [0.3, 0.4) is 0 Å². The molecule has 2 aliphatic heterocycles. The molecule has 0 saturated carbocycles. The Labute approximate surface area is 173 Å². The lowest BCUT2D eigenvalue weighted by atomic mass is 9.91. The molecule has 0 fully saturated rings. The van der Waals surface area contributed by atoms with E-state index in [1.54, 1.807) is 37.3 Å². The second kappa shape index (κ2) is 7.97. The van der Waals surface area contributed by atoms with E-state index in [-0.39, 0.29) is 12.3 Å². The van der Waals surface area contributed by atoms with E-state index in [0.717, 1.165) is 5.56 Å². The highest BCUT2D eigenvalue weighted by atomic mass is 19.4. The van der Waals surface area contributed by atoms with E-state index in [1.165, 1.54) is 0 Å². The molecule has 1 N–H and O–H groups in total. The largest absolute Gasteiger partial charge is 0.507 e. The lowest BCUT2D eigenvalue weighted by molar-refractivity contribution is -0.0632. The number of para-hydroxylation sites is 1. The molecule has 2 heterocycles. The van der Waals surface area contributed by atoms with Gasteiger partial charge in [0.2, 0.25) is 0 Å². The van der Waals surface area contributed by atoms with E-state index in [4.69, 9.17) is 0 Å². The first-order valence-electron chi connectivity index (χ1n) is 9.85. The molecule has 0 aromatic heterocycles. The summed E-state index contributed by atoms with van der Waals surface area (Å²) in [5.41, 5.74) is 1.17. The number of dihydropyridines is 1. The third-order valence-electron chi connectivity index (χ3n) is 5.33. The first kappa shape index (κ1) is 20.2. The maximum atomic E-state index is 13.7. The lowest BCUT2D eigenvalue weighted by Gasteiger charge is -2.38. The molecule has 2 aliphatic rings. The number of phenolic OH excluding ortho intramolecular Hbond substituents is 1. The summed E-state index contributed by atoms with van der Waals surface area (Å²) in [6.07, 6.45) is -2.19. The number of nitrogens with zero attached hydrogens (tertiary/aromatic N) is 3. The third-order valence-corrected chi connectivity index (χ3v) is 5.33. The van der Waals surface area contributed by atoms with Crippen molar-refractivity contribution >= 4 is 11.5 Å². The van der Waals surface area contributed by atoms with Crippen molar-refractivity contribution in [1.82, 2.24) is 4.90 Å². The van der Waals surface area contributed by atoms with Crippen molar-refractivity contribution in [1.29, 1.82) is 0 Å². The number of benzene rings is 2. The number of halogens is 3. The van der Waals surface area contributed by atoms with Crippen LogP contribution in [0.4, 0.5) is 13.2 Å². The average molecular weight is 413 g/mol. The summed E-state index contributed by atoms with van der Waals surface area (Å²) in [6, 6.07) is 15.9. The molecule has 0 bridgehead atoms. The number of alkyl halides is 3. The number of rotatable bonds is 4. The van der Waals surface area contributed by atoms with Crippen LogP contribution in [-0.4, -0.2) is 46.9 Å². The van der Waals surface area contributed by atoms with Gasteiger partial charge in [0.05, 0.1) is 23.2 Å². The SMILES string of the molecule is CC1C=C2N=C(c3ccccc3O)N(CCc3ccccc3)CC2C(C(F)(F)F)=N1. The van der Waals surface area contributed by atoms with E-state index in [1.807, 2.05) is 35.2 Å². The molecule has 2 unspecified atom stereocenters. The highest BCUT2D eigenvalue weighted by molar-refractivity contribution is 6.04. The van der Waals surface area contributed by atoms with Crippen LogP contribution in [0.15, 0.2) is 76.4 Å². The summed E-state index contributed by atoms with van der Waals surface area (Å²) >= 11 is 0. The zero-order valence-corrected chi connectivity index (χ0v) is 16.5. The summed E-state index contributed by atoms with van der Waals surface area (Å²) in [5, 5.41) is 10.4. The van der Waals surface area contributed by atoms with Gasteiger partial charge in [-0.1, -0.05) is 42.5 Å². The second-order valence-corrected chi connectivity index (χ2v) is 7.53. The first-order chi connectivity index (χ1) is 14.3. The number of hydrogen-bond acceptors (Lipinski definition) is 4. The van der Waals surface area contributed by atoms with Crippen molar-refractivity contribution in [3.05, 3.63) is 77.5 Å². The molecule has 4 rings (SSSR count). The maximum absolute atomic E-state index is 13.7. The normalized spacial score (nSPS) is 21.5. The van der Waals surface area contributed by atoms with Gasteiger partial charge in [0.15, 0.2) is 0 Å². The molecule has 7 heteroatoms. The number of amidine groups is 1. The number of phenols is 1. The van der Waals surface area contributed by atoms with Gasteiger partial charge < -0.3 is 10.0 Å². The van der Waals surface area contributed by atoms with Crippen LogP contribution >= 0.6 is 0 Å². The minimum absolute atomic E-state index is 0.0496. The zero-order chi connectivity index (χ0) is 21.3. The highest BCUT2D eigenvalue weighted by Crippen LogP contribution is 2.36. The quantitative estimate of drug-likeness (QED) is 0.796. The van der Waals surface area contributed by atoms with Crippen molar-refractivity contribution in [2.45, 2.75) is 25.6 Å². The molecule has 2 atom stereocenters. The number of aromatic hydroxyl groups is 1. The van der Waals surface area contributed by atoms with Gasteiger partial charge in [-0.3, -0.25) is 4.99 Å².